The van der Waals surface area contributed by atoms with Gasteiger partial charge in [0.2, 0.25) is 0 Å². The number of hydrogen-bond donors (Lipinski definition) is 0. The number of hydrogen-bond acceptors (Lipinski definition) is 0. The van der Waals surface area contributed by atoms with Gasteiger partial charge in [0.1, 0.15) is 56.4 Å². The van der Waals surface area contributed by atoms with Gasteiger partial charge < -0.3 is 0 Å². The molecule has 0 bridgehead atoms. The van der Waals surface area contributed by atoms with Crippen LogP contribution in [0.1, 0.15) is 159 Å². The van der Waals surface area contributed by atoms with Gasteiger partial charge in [-0.2, -0.15) is 0 Å². The topological polar surface area (TPSA) is 31.0 Å². The molecule has 0 amide bonds. The lowest BCUT2D eigenvalue weighted by atomic mass is 9.88. The summed E-state index contributed by atoms with van der Waals surface area (Å²) in [6, 6.07) is 36.3. The van der Waals surface area contributed by atoms with Crippen LogP contribution in [0, 0.1) is 6.92 Å². The summed E-state index contributed by atoms with van der Waals surface area (Å²) < 4.78 is 16.4. The van der Waals surface area contributed by atoms with Crippen LogP contribution in [-0.2, 0) is 81.1 Å². The summed E-state index contributed by atoms with van der Waals surface area (Å²) in [5, 5.41) is 0. The van der Waals surface area contributed by atoms with Gasteiger partial charge in [0.05, 0.1) is 0 Å². The normalized spacial score (nSPS) is 10.1. The minimum absolute atomic E-state index is 0.272. The van der Waals surface area contributed by atoms with Gasteiger partial charge >= 0.3 is 0 Å². The summed E-state index contributed by atoms with van der Waals surface area (Å²) in [4.78, 5) is 0. The Morgan fingerprint density at radius 1 is 0.354 bits per heavy atom. The predicted molar refractivity (Wildman–Crippen MR) is 328 cm³/mol. The van der Waals surface area contributed by atoms with Crippen molar-refractivity contribution < 1.29 is 36.5 Å². The molecule has 0 aliphatic rings. The van der Waals surface area contributed by atoms with E-state index in [-0.39, 0.29) is 5.41 Å². The van der Waals surface area contributed by atoms with Crippen LogP contribution >= 0.6 is 0 Å². The van der Waals surface area contributed by atoms with Crippen molar-refractivity contribution in [3.05, 3.63) is 241 Å². The van der Waals surface area contributed by atoms with Crippen LogP contribution in [0.5, 0.6) is 0 Å². The van der Waals surface area contributed by atoms with Gasteiger partial charge in [-0.1, -0.05) is 94.6 Å². The average molecular weight is 1080 g/mol. The van der Waals surface area contributed by atoms with Gasteiger partial charge in [-0.05, 0) is 102 Å². The fourth-order valence-corrected chi connectivity index (χ4v) is 7.54. The van der Waals surface area contributed by atoms with Crippen molar-refractivity contribution in [3.63, 3.8) is 0 Å². The molecule has 8 heterocycles. The largest absolute Gasteiger partial charge is 0.208 e. The van der Waals surface area contributed by atoms with Crippen LogP contribution in [0.2, 0.25) is 0 Å². The molecule has 426 valence electrons. The van der Waals surface area contributed by atoms with Gasteiger partial charge in [-0.25, -0.2) is 36.5 Å². The average Bonchev–Trinajstić information content (AvgIpc) is 3.43. The Balaban J connectivity index is 0.000000454. The summed E-state index contributed by atoms with van der Waals surface area (Å²) in [5.41, 5.74) is 10.1. The Hall–Kier alpha value is -6.80. The molecule has 79 heavy (non-hydrogen) atoms. The first-order valence-corrected chi connectivity index (χ1v) is 29.1. The lowest BCUT2D eigenvalue weighted by Crippen LogP contribution is -2.27. The fourth-order valence-electron chi connectivity index (χ4n) is 7.54. The first-order valence-electron chi connectivity index (χ1n) is 29.1. The summed E-state index contributed by atoms with van der Waals surface area (Å²) in [6.45, 7) is 24.3. The SMILES string of the molecule is CC(C)c1cc[n+](C)cc1.CCC(CC)c1cc[n+](C)cc1.CCCCCc1cc[n+](C)cc1.CCCc1cc[n+](C)cc1.CCc1cc[n+](C)cc1.C[n+]1ccc(C(C)(C)C)cc1.C[n+]1ccccc1.Cc1cc[n+](C)cc1. The number of aryl methyl sites for hydroxylation is 12. The minimum Gasteiger partial charge on any atom is -0.208 e. The van der Waals surface area contributed by atoms with Crippen molar-refractivity contribution in [1.29, 1.82) is 0 Å². The molecule has 0 saturated heterocycles. The molecule has 8 aromatic heterocycles. The Morgan fingerprint density at radius 3 is 0.987 bits per heavy atom. The Labute approximate surface area is 483 Å². The van der Waals surface area contributed by atoms with E-state index in [9.17, 15) is 0 Å². The van der Waals surface area contributed by atoms with Gasteiger partial charge in [-0.15, -0.1) is 0 Å². The zero-order valence-corrected chi connectivity index (χ0v) is 53.1. The highest BCUT2D eigenvalue weighted by molar-refractivity contribution is 5.17. The van der Waals surface area contributed by atoms with E-state index in [4.69, 9.17) is 0 Å². The molecule has 0 unspecified atom stereocenters. The molecule has 8 aromatic rings. The maximum absolute atomic E-state index is 2.25. The highest BCUT2D eigenvalue weighted by Crippen LogP contribution is 2.21. The van der Waals surface area contributed by atoms with Crippen molar-refractivity contribution >= 4 is 0 Å². The third-order valence-corrected chi connectivity index (χ3v) is 13.1. The van der Waals surface area contributed by atoms with Crippen LogP contribution in [-0.4, -0.2) is 0 Å². The molecule has 0 N–H and O–H groups in total. The van der Waals surface area contributed by atoms with E-state index in [1.54, 1.807) is 0 Å². The van der Waals surface area contributed by atoms with Crippen molar-refractivity contribution in [2.24, 2.45) is 56.4 Å². The van der Waals surface area contributed by atoms with Gasteiger partial charge in [-0.3, -0.25) is 0 Å². The highest BCUT2D eigenvalue weighted by Gasteiger charge is 2.14. The molecule has 0 spiro atoms. The third-order valence-electron chi connectivity index (χ3n) is 13.1. The molecule has 8 nitrogen and oxygen atoms in total. The number of pyridine rings is 8. The third kappa shape index (κ3) is 34.6. The van der Waals surface area contributed by atoms with Gasteiger partial charge in [0, 0.05) is 97.1 Å². The quantitative estimate of drug-likeness (QED) is 0.0913. The van der Waals surface area contributed by atoms with E-state index < -0.39 is 0 Å². The molecule has 0 radical (unpaired) electrons. The second-order valence-electron chi connectivity index (χ2n) is 22.0. The van der Waals surface area contributed by atoms with Crippen molar-refractivity contribution in [2.45, 2.75) is 151 Å². The maximum atomic E-state index is 2.25. The first-order chi connectivity index (χ1) is 37.6. The van der Waals surface area contributed by atoms with Crippen LogP contribution in [0.3, 0.4) is 0 Å². The van der Waals surface area contributed by atoms with E-state index in [1.165, 1.54) is 90.3 Å². The minimum atomic E-state index is 0.272. The smallest absolute Gasteiger partial charge is 0.168 e. The zero-order chi connectivity index (χ0) is 59.0. The lowest BCUT2D eigenvalue weighted by molar-refractivity contribution is -0.671. The molecule has 8 heteroatoms. The Bertz CT molecular complexity index is 2650. The molecular formula is C71H110N8+8. The molecular weight excluding hydrogens is 965 g/mol. The Morgan fingerprint density at radius 2 is 0.684 bits per heavy atom. The molecule has 0 atom stereocenters. The van der Waals surface area contributed by atoms with Gasteiger partial charge in [0.15, 0.2) is 99.1 Å². The number of unbranched alkanes of at least 4 members (excludes halogenated alkanes) is 2. The predicted octanol–water partition coefficient (Wildman–Crippen LogP) is 12.0. The summed E-state index contributed by atoms with van der Waals surface area (Å²) >= 11 is 0. The summed E-state index contributed by atoms with van der Waals surface area (Å²) in [5.74, 6) is 1.38. The molecule has 8 rings (SSSR count). The Kier molecular flexibility index (Phi) is 36.7. The monoisotopic (exact) mass is 1070 g/mol. The maximum Gasteiger partial charge on any atom is 0.168 e. The van der Waals surface area contributed by atoms with E-state index in [2.05, 4.69) is 268 Å². The molecule has 0 fully saturated rings. The highest BCUT2D eigenvalue weighted by atomic mass is 14.9. The molecule has 0 aliphatic heterocycles. The standard InChI is InChI=1S/2C11H18N.C10H16N.2C9H14N.C8H12N.C7H10N.C6H8N/c1-4-10(5-2)11-6-8-12(3)9-7-11;1-3-4-5-6-11-7-9-12(2)10-8-11;1-10(2,3)9-5-7-11(4)8-6-9;1-8(2)9-4-6-10(3)7-5-9;1-3-4-9-5-7-10(2)8-6-9;1-3-8-4-6-9(2)7-5-8;1-7-3-5-8(2)6-4-7;1-7-5-3-2-4-6-7/h6-10H,4-5H2,1-3H3;7-10H,3-6H2,1-2H3;5-8H,1-4H3;4-8H,1-3H3;5-8H,3-4H2,1-2H3;4-7H,3H2,1-2H3;3-6H,1-2H3;2-6H,1H3/q8*+1. The molecule has 0 saturated carbocycles. The lowest BCUT2D eigenvalue weighted by Gasteiger charge is -2.17. The second kappa shape index (κ2) is 41.3. The van der Waals surface area contributed by atoms with E-state index >= 15 is 0 Å². The summed E-state index contributed by atoms with van der Waals surface area (Å²) in [7, 11) is 16.2. The summed E-state index contributed by atoms with van der Waals surface area (Å²) in [6.07, 6.45) is 44.4. The van der Waals surface area contributed by atoms with Gasteiger partial charge in [0.25, 0.3) is 0 Å². The van der Waals surface area contributed by atoms with E-state index in [0.717, 1.165) is 12.3 Å². The molecule has 0 aromatic carbocycles. The van der Waals surface area contributed by atoms with E-state index in [1.807, 2.05) is 104 Å². The molecule has 0 aliphatic carbocycles. The second-order valence-corrected chi connectivity index (χ2v) is 22.0. The van der Waals surface area contributed by atoms with Crippen molar-refractivity contribution in [1.82, 2.24) is 0 Å². The van der Waals surface area contributed by atoms with E-state index in [0.29, 0.717) is 5.92 Å². The van der Waals surface area contributed by atoms with Crippen molar-refractivity contribution in [2.75, 3.05) is 0 Å². The number of rotatable bonds is 11. The van der Waals surface area contributed by atoms with Crippen LogP contribution in [0.25, 0.3) is 0 Å². The first kappa shape index (κ1) is 70.2. The van der Waals surface area contributed by atoms with Crippen LogP contribution in [0.15, 0.2) is 202 Å². The fraction of sp³-hybridized carbons (Fsp3) is 0.437. The van der Waals surface area contributed by atoms with Crippen LogP contribution < -0.4 is 36.5 Å². The number of nitrogens with zero attached hydrogens (tertiary/aromatic N) is 8. The van der Waals surface area contributed by atoms with Crippen molar-refractivity contribution in [3.8, 4) is 0 Å². The van der Waals surface area contributed by atoms with Crippen LogP contribution in [0.4, 0.5) is 0 Å². The number of aromatic nitrogens is 8. The zero-order valence-electron chi connectivity index (χ0n) is 53.1.